The molecule has 1 saturated heterocycles. The molecule has 2 amide bonds. The van der Waals surface area contributed by atoms with Crippen molar-refractivity contribution in [2.45, 2.75) is 18.9 Å². The third-order valence-electron chi connectivity index (χ3n) is 3.30. The Balaban J connectivity index is 1.74. The molecular formula is C15H15N3O3S. The number of anilines is 2. The fourth-order valence-electron chi connectivity index (χ4n) is 2.24. The highest BCUT2D eigenvalue weighted by Crippen LogP contribution is 2.20. The van der Waals surface area contributed by atoms with E-state index >= 15 is 0 Å². The number of benzene rings is 1. The van der Waals surface area contributed by atoms with Crippen molar-refractivity contribution in [2.24, 2.45) is 0 Å². The molecule has 0 saturated carbocycles. The smallest absolute Gasteiger partial charge is 0.259 e. The third-order valence-corrected chi connectivity index (χ3v) is 3.99. The summed E-state index contributed by atoms with van der Waals surface area (Å²) in [6.45, 7) is 0.601. The van der Waals surface area contributed by atoms with Crippen molar-refractivity contribution in [3.63, 3.8) is 0 Å². The lowest BCUT2D eigenvalue weighted by atomic mass is 10.1. The minimum absolute atomic E-state index is 0.216. The monoisotopic (exact) mass is 317 g/mol. The first-order valence-electron chi connectivity index (χ1n) is 6.96. The normalized spacial score (nSPS) is 17.2. The van der Waals surface area contributed by atoms with Gasteiger partial charge in [-0.15, -0.1) is 11.3 Å². The first-order valence-corrected chi connectivity index (χ1v) is 7.84. The predicted molar refractivity (Wildman–Crippen MR) is 84.1 cm³/mol. The molecule has 3 rings (SSSR count). The van der Waals surface area contributed by atoms with Crippen molar-refractivity contribution in [3.05, 3.63) is 41.4 Å². The molecule has 22 heavy (non-hydrogen) atoms. The summed E-state index contributed by atoms with van der Waals surface area (Å²) in [4.78, 5) is 28.5. The van der Waals surface area contributed by atoms with Gasteiger partial charge in [0.25, 0.3) is 11.8 Å². The molecule has 0 aliphatic carbocycles. The lowest BCUT2D eigenvalue weighted by Gasteiger charge is -2.13. The summed E-state index contributed by atoms with van der Waals surface area (Å²) in [7, 11) is 0. The highest BCUT2D eigenvalue weighted by molar-refractivity contribution is 7.13. The number of hydrogen-bond donors (Lipinski definition) is 2. The van der Waals surface area contributed by atoms with Crippen LogP contribution in [0.25, 0.3) is 0 Å². The van der Waals surface area contributed by atoms with Crippen LogP contribution in [0.5, 0.6) is 0 Å². The van der Waals surface area contributed by atoms with Gasteiger partial charge in [0.2, 0.25) is 0 Å². The van der Waals surface area contributed by atoms with Crippen molar-refractivity contribution in [2.75, 3.05) is 17.2 Å². The summed E-state index contributed by atoms with van der Waals surface area (Å²) >= 11 is 1.34. The fourth-order valence-corrected chi connectivity index (χ4v) is 2.76. The second-order valence-corrected chi connectivity index (χ2v) is 5.72. The van der Waals surface area contributed by atoms with Gasteiger partial charge in [-0.25, -0.2) is 4.98 Å². The van der Waals surface area contributed by atoms with Crippen LogP contribution in [0.3, 0.4) is 0 Å². The van der Waals surface area contributed by atoms with E-state index in [0.29, 0.717) is 29.4 Å². The summed E-state index contributed by atoms with van der Waals surface area (Å²) in [6.07, 6.45) is 2.77. The van der Waals surface area contributed by atoms with Gasteiger partial charge in [-0.3, -0.25) is 14.9 Å². The van der Waals surface area contributed by atoms with Gasteiger partial charge in [0.05, 0.1) is 11.3 Å². The van der Waals surface area contributed by atoms with Crippen LogP contribution in [0, 0.1) is 0 Å². The van der Waals surface area contributed by atoms with Crippen LogP contribution in [-0.4, -0.2) is 29.5 Å². The predicted octanol–water partition coefficient (Wildman–Crippen LogP) is 2.51. The second kappa shape index (κ2) is 6.67. The van der Waals surface area contributed by atoms with Crippen molar-refractivity contribution >= 4 is 34.0 Å². The molecule has 0 unspecified atom stereocenters. The van der Waals surface area contributed by atoms with Crippen molar-refractivity contribution in [1.29, 1.82) is 0 Å². The number of nitrogens with one attached hydrogen (secondary N) is 2. The zero-order chi connectivity index (χ0) is 15.4. The Bertz CT molecular complexity index is 666. The number of para-hydroxylation sites is 1. The maximum Gasteiger partial charge on any atom is 0.259 e. The van der Waals surface area contributed by atoms with E-state index < -0.39 is 6.10 Å². The zero-order valence-electron chi connectivity index (χ0n) is 11.7. The SMILES string of the molecule is O=C(Nc1nccs1)c1ccccc1NC(=O)[C@@H]1CCCO1. The Morgan fingerprint density at radius 1 is 1.27 bits per heavy atom. The molecule has 1 atom stereocenters. The molecule has 0 radical (unpaired) electrons. The highest BCUT2D eigenvalue weighted by Gasteiger charge is 2.24. The Morgan fingerprint density at radius 3 is 2.86 bits per heavy atom. The molecule has 2 heterocycles. The molecule has 6 nitrogen and oxygen atoms in total. The Morgan fingerprint density at radius 2 is 2.14 bits per heavy atom. The minimum Gasteiger partial charge on any atom is -0.368 e. The molecule has 1 aromatic carbocycles. The van der Waals surface area contributed by atoms with E-state index in [2.05, 4.69) is 15.6 Å². The van der Waals surface area contributed by atoms with Gasteiger partial charge in [0, 0.05) is 18.2 Å². The number of ether oxygens (including phenoxy) is 1. The van der Waals surface area contributed by atoms with E-state index in [1.807, 2.05) is 0 Å². The topological polar surface area (TPSA) is 80.3 Å². The molecule has 1 fully saturated rings. The lowest BCUT2D eigenvalue weighted by molar-refractivity contribution is -0.124. The summed E-state index contributed by atoms with van der Waals surface area (Å²) in [5.41, 5.74) is 0.862. The van der Waals surface area contributed by atoms with E-state index in [1.165, 1.54) is 11.3 Å². The number of aromatic nitrogens is 1. The first kappa shape index (κ1) is 14.7. The molecule has 1 aromatic heterocycles. The van der Waals surface area contributed by atoms with Crippen LogP contribution >= 0.6 is 11.3 Å². The van der Waals surface area contributed by atoms with Crippen LogP contribution in [-0.2, 0) is 9.53 Å². The number of carbonyl (C=O) groups is 2. The summed E-state index contributed by atoms with van der Waals surface area (Å²) in [5.74, 6) is -0.523. The second-order valence-electron chi connectivity index (χ2n) is 4.83. The molecule has 1 aliphatic heterocycles. The van der Waals surface area contributed by atoms with Gasteiger partial charge in [-0.05, 0) is 25.0 Å². The van der Waals surface area contributed by atoms with Gasteiger partial charge in [-0.1, -0.05) is 12.1 Å². The first-order chi connectivity index (χ1) is 10.7. The number of thiazole rings is 1. The van der Waals surface area contributed by atoms with E-state index in [-0.39, 0.29) is 11.8 Å². The average Bonchev–Trinajstić information content (AvgIpc) is 3.21. The van der Waals surface area contributed by atoms with Crippen LogP contribution in [0.1, 0.15) is 23.2 Å². The van der Waals surface area contributed by atoms with Gasteiger partial charge >= 0.3 is 0 Å². The maximum atomic E-state index is 12.3. The minimum atomic E-state index is -0.435. The lowest BCUT2D eigenvalue weighted by Crippen LogP contribution is -2.28. The van der Waals surface area contributed by atoms with E-state index in [9.17, 15) is 9.59 Å². The van der Waals surface area contributed by atoms with Gasteiger partial charge in [-0.2, -0.15) is 0 Å². The van der Waals surface area contributed by atoms with Crippen LogP contribution < -0.4 is 10.6 Å². The average molecular weight is 317 g/mol. The molecule has 7 heteroatoms. The molecule has 0 spiro atoms. The summed E-state index contributed by atoms with van der Waals surface area (Å²) in [6, 6.07) is 6.88. The molecule has 0 bridgehead atoms. The fraction of sp³-hybridized carbons (Fsp3) is 0.267. The standard InChI is InChI=1S/C15H15N3O3S/c19-13(18-15-16-7-9-22-15)10-4-1-2-5-11(10)17-14(20)12-6-3-8-21-12/h1-2,4-5,7,9,12H,3,6,8H2,(H,17,20)(H,16,18,19)/t12-/m0/s1. The number of carbonyl (C=O) groups excluding carboxylic acids is 2. The molecule has 2 N–H and O–H groups in total. The van der Waals surface area contributed by atoms with E-state index in [0.717, 1.165) is 6.42 Å². The maximum absolute atomic E-state index is 12.3. The van der Waals surface area contributed by atoms with Crippen LogP contribution in [0.15, 0.2) is 35.8 Å². The Hall–Kier alpha value is -2.25. The van der Waals surface area contributed by atoms with Crippen molar-refractivity contribution < 1.29 is 14.3 Å². The molecule has 114 valence electrons. The molecule has 1 aliphatic rings. The molecule has 2 aromatic rings. The summed E-state index contributed by atoms with van der Waals surface area (Å²) in [5, 5.41) is 7.78. The third kappa shape index (κ3) is 3.32. The quantitative estimate of drug-likeness (QED) is 0.908. The van der Waals surface area contributed by atoms with Crippen molar-refractivity contribution in [1.82, 2.24) is 4.98 Å². The largest absolute Gasteiger partial charge is 0.368 e. The zero-order valence-corrected chi connectivity index (χ0v) is 12.6. The van der Waals surface area contributed by atoms with Crippen LogP contribution in [0.2, 0.25) is 0 Å². The van der Waals surface area contributed by atoms with E-state index in [1.54, 1.807) is 35.8 Å². The van der Waals surface area contributed by atoms with E-state index in [4.69, 9.17) is 4.74 Å². The number of rotatable bonds is 4. The molecular weight excluding hydrogens is 302 g/mol. The summed E-state index contributed by atoms with van der Waals surface area (Å²) < 4.78 is 5.35. The van der Waals surface area contributed by atoms with Gasteiger partial charge < -0.3 is 10.1 Å². The Kier molecular flexibility index (Phi) is 4.45. The van der Waals surface area contributed by atoms with Gasteiger partial charge in [0.1, 0.15) is 6.10 Å². The number of nitrogens with zero attached hydrogens (tertiary/aromatic N) is 1. The highest BCUT2D eigenvalue weighted by atomic mass is 32.1. The number of hydrogen-bond acceptors (Lipinski definition) is 5. The van der Waals surface area contributed by atoms with Crippen molar-refractivity contribution in [3.8, 4) is 0 Å². The van der Waals surface area contributed by atoms with Crippen LogP contribution in [0.4, 0.5) is 10.8 Å². The number of amides is 2. The van der Waals surface area contributed by atoms with Gasteiger partial charge in [0.15, 0.2) is 5.13 Å². The Labute approximate surface area is 131 Å².